The maximum atomic E-state index is 11.1. The second kappa shape index (κ2) is 8.22. The van der Waals surface area contributed by atoms with Crippen LogP contribution in [0.1, 0.15) is 55.6 Å². The van der Waals surface area contributed by atoms with Crippen LogP contribution in [-0.2, 0) is 11.4 Å². The van der Waals surface area contributed by atoms with Crippen molar-refractivity contribution < 1.29 is 15.1 Å². The Labute approximate surface area is 193 Å². The highest BCUT2D eigenvalue weighted by Gasteiger charge is 2.51. The van der Waals surface area contributed by atoms with Crippen LogP contribution in [0.3, 0.4) is 0 Å². The van der Waals surface area contributed by atoms with Gasteiger partial charge in [-0.15, -0.1) is 0 Å². The minimum absolute atomic E-state index is 0.0163. The first-order valence-electron chi connectivity index (χ1n) is 12.1. The van der Waals surface area contributed by atoms with Crippen molar-refractivity contribution in [3.8, 4) is 11.8 Å². The molecule has 4 heterocycles. The smallest absolute Gasteiger partial charge is 0.225 e. The van der Waals surface area contributed by atoms with Crippen LogP contribution in [0.25, 0.3) is 0 Å². The van der Waals surface area contributed by atoms with Gasteiger partial charge in [0, 0.05) is 73.8 Å². The maximum absolute atomic E-state index is 11.1. The number of piperazine rings is 1. The molecule has 2 aromatic rings. The zero-order chi connectivity index (χ0) is 22.5. The van der Waals surface area contributed by atoms with Crippen molar-refractivity contribution in [1.29, 1.82) is 0 Å². The Balaban J connectivity index is 1.06. The summed E-state index contributed by atoms with van der Waals surface area (Å²) in [7, 11) is 0. The summed E-state index contributed by atoms with van der Waals surface area (Å²) in [6, 6.07) is 1.84. The van der Waals surface area contributed by atoms with Crippen LogP contribution in [0.5, 0.6) is 11.8 Å². The molecule has 3 atom stereocenters. The van der Waals surface area contributed by atoms with Gasteiger partial charge in [-0.2, -0.15) is 0 Å². The Morgan fingerprint density at radius 2 is 1.73 bits per heavy atom. The van der Waals surface area contributed by atoms with E-state index in [2.05, 4.69) is 25.2 Å². The number of anilines is 1. The van der Waals surface area contributed by atoms with Gasteiger partial charge in [-0.05, 0) is 50.8 Å². The monoisotopic (exact) mass is 452 g/mol. The van der Waals surface area contributed by atoms with Gasteiger partial charge in [-0.25, -0.2) is 9.97 Å². The van der Waals surface area contributed by atoms with Crippen molar-refractivity contribution in [3.63, 3.8) is 0 Å². The third kappa shape index (κ3) is 3.36. The summed E-state index contributed by atoms with van der Waals surface area (Å²) in [4.78, 5) is 19.2. The molecule has 9 heteroatoms. The van der Waals surface area contributed by atoms with Gasteiger partial charge in [0.25, 0.3) is 0 Å². The van der Waals surface area contributed by atoms with E-state index in [0.29, 0.717) is 6.54 Å². The predicted octanol–water partition coefficient (Wildman–Crippen LogP) is 2.44. The number of nitrogens with one attached hydrogen (secondary N) is 1. The molecule has 0 aromatic carbocycles. The second-order valence-corrected chi connectivity index (χ2v) is 9.67. The molecule has 2 aliphatic heterocycles. The topological polar surface area (TPSA) is 98.9 Å². The number of unbranched alkanes of at least 4 members (excludes halogenated alkanes) is 1. The van der Waals surface area contributed by atoms with E-state index >= 15 is 0 Å². The lowest BCUT2D eigenvalue weighted by molar-refractivity contribution is 0.00868. The fourth-order valence-electron chi connectivity index (χ4n) is 6.28. The summed E-state index contributed by atoms with van der Waals surface area (Å²) < 4.78 is 1.73. The van der Waals surface area contributed by atoms with Gasteiger partial charge in [0.05, 0.1) is 0 Å². The molecule has 0 amide bonds. The van der Waals surface area contributed by atoms with Crippen LogP contribution >= 0.6 is 0 Å². The lowest BCUT2D eigenvalue weighted by Crippen LogP contribution is -2.47. The third-order valence-corrected chi connectivity index (χ3v) is 7.90. The van der Waals surface area contributed by atoms with Crippen molar-refractivity contribution in [2.45, 2.75) is 57.1 Å². The quantitative estimate of drug-likeness (QED) is 0.575. The molecule has 2 bridgehead atoms. The van der Waals surface area contributed by atoms with E-state index in [0.717, 1.165) is 81.2 Å². The number of fused-ring (bicyclic) bond motifs is 1. The summed E-state index contributed by atoms with van der Waals surface area (Å²) in [6.07, 6.45) is 7.49. The van der Waals surface area contributed by atoms with Crippen molar-refractivity contribution in [2.75, 3.05) is 37.6 Å². The fraction of sp³-hybridized carbons (Fsp3) is 0.583. The van der Waals surface area contributed by atoms with Crippen LogP contribution in [-0.4, -0.2) is 68.5 Å². The molecule has 2 fully saturated rings. The first-order chi connectivity index (χ1) is 16.1. The molecule has 33 heavy (non-hydrogen) atoms. The van der Waals surface area contributed by atoms with Gasteiger partial charge >= 0.3 is 0 Å². The van der Waals surface area contributed by atoms with Gasteiger partial charge in [0.2, 0.25) is 5.95 Å². The van der Waals surface area contributed by atoms with E-state index < -0.39 is 0 Å². The molecule has 0 spiro atoms. The number of allylic oxidation sites excluding steroid dienone is 1. The van der Waals surface area contributed by atoms with Gasteiger partial charge in [0.1, 0.15) is 6.10 Å². The fourth-order valence-corrected chi connectivity index (χ4v) is 6.28. The van der Waals surface area contributed by atoms with E-state index in [9.17, 15) is 10.2 Å². The number of aromatic nitrogens is 3. The van der Waals surface area contributed by atoms with Crippen molar-refractivity contribution in [3.05, 3.63) is 40.9 Å². The highest BCUT2D eigenvalue weighted by molar-refractivity contribution is 5.59. The van der Waals surface area contributed by atoms with E-state index in [4.69, 9.17) is 4.84 Å². The summed E-state index contributed by atoms with van der Waals surface area (Å²) in [5.41, 5.74) is 7.18. The molecule has 0 radical (unpaired) electrons. The average molecular weight is 453 g/mol. The number of hydroxylamine groups is 1. The SMILES string of the molecule is CC1=C2C3CCC(c4c3c(O)n(CCCCN3CCN(c5ncccn5)CC3)c4O)C2ON1. The van der Waals surface area contributed by atoms with Crippen molar-refractivity contribution >= 4 is 5.95 Å². The number of hydrogen-bond acceptors (Lipinski definition) is 8. The first kappa shape index (κ1) is 20.8. The van der Waals surface area contributed by atoms with E-state index in [-0.39, 0.29) is 29.7 Å². The number of hydrogen-bond donors (Lipinski definition) is 3. The highest BCUT2D eigenvalue weighted by Crippen LogP contribution is 2.60. The Kier molecular flexibility index (Phi) is 5.18. The zero-order valence-corrected chi connectivity index (χ0v) is 19.1. The third-order valence-electron chi connectivity index (χ3n) is 7.90. The predicted molar refractivity (Wildman–Crippen MR) is 123 cm³/mol. The van der Waals surface area contributed by atoms with Gasteiger partial charge < -0.3 is 15.1 Å². The number of rotatable bonds is 6. The van der Waals surface area contributed by atoms with Gasteiger partial charge in [0.15, 0.2) is 11.8 Å². The Hall–Kier alpha value is -2.78. The van der Waals surface area contributed by atoms with Gasteiger partial charge in [-0.3, -0.25) is 19.8 Å². The van der Waals surface area contributed by atoms with Crippen LogP contribution < -0.4 is 10.4 Å². The number of nitrogens with zero attached hydrogens (tertiary/aromatic N) is 5. The summed E-state index contributed by atoms with van der Waals surface area (Å²) in [5, 5.41) is 22.1. The van der Waals surface area contributed by atoms with E-state index in [1.807, 2.05) is 13.0 Å². The first-order valence-corrected chi connectivity index (χ1v) is 12.1. The minimum atomic E-state index is -0.0163. The van der Waals surface area contributed by atoms with Gasteiger partial charge in [-0.1, -0.05) is 0 Å². The molecule has 3 aliphatic carbocycles. The summed E-state index contributed by atoms with van der Waals surface area (Å²) in [5.74, 6) is 1.55. The lowest BCUT2D eigenvalue weighted by Gasteiger charge is -2.40. The van der Waals surface area contributed by atoms with Crippen LogP contribution in [0.4, 0.5) is 5.95 Å². The van der Waals surface area contributed by atoms with Crippen LogP contribution in [0.2, 0.25) is 0 Å². The Morgan fingerprint density at radius 3 is 2.52 bits per heavy atom. The molecular formula is C24H32N6O3. The average Bonchev–Trinajstić information content (AvgIpc) is 3.38. The largest absolute Gasteiger partial charge is 0.494 e. The Bertz CT molecular complexity index is 1060. The molecule has 1 saturated heterocycles. The molecule has 9 nitrogen and oxygen atoms in total. The Morgan fingerprint density at radius 1 is 1.00 bits per heavy atom. The molecule has 2 aromatic heterocycles. The lowest BCUT2D eigenvalue weighted by atomic mass is 9.63. The van der Waals surface area contributed by atoms with Crippen LogP contribution in [0.15, 0.2) is 29.7 Å². The van der Waals surface area contributed by atoms with Crippen molar-refractivity contribution in [2.24, 2.45) is 0 Å². The maximum Gasteiger partial charge on any atom is 0.225 e. The normalized spacial score (nSPS) is 26.5. The molecule has 7 rings (SSSR count). The van der Waals surface area contributed by atoms with E-state index in [1.165, 1.54) is 5.57 Å². The molecule has 3 N–H and O–H groups in total. The minimum Gasteiger partial charge on any atom is -0.494 e. The van der Waals surface area contributed by atoms with Crippen LogP contribution in [0, 0.1) is 0 Å². The molecule has 176 valence electrons. The van der Waals surface area contributed by atoms with Crippen molar-refractivity contribution in [1.82, 2.24) is 24.9 Å². The molecule has 5 aliphatic rings. The second-order valence-electron chi connectivity index (χ2n) is 9.67. The molecular weight excluding hydrogens is 420 g/mol. The standard InChI is InChI=1S/C24H32N6O3/c1-15-18-16-5-6-17(21(18)33-27-15)20-19(16)22(31)30(23(20)32)10-3-2-9-28-11-13-29(14-12-28)24-25-7-4-8-26-24/h4,7-8,16-17,21,27,31-32H,2-3,5-6,9-14H2,1H3. The summed E-state index contributed by atoms with van der Waals surface area (Å²) in [6.45, 7) is 7.56. The molecule has 3 unspecified atom stereocenters. The van der Waals surface area contributed by atoms with E-state index in [1.54, 1.807) is 17.0 Å². The molecule has 1 saturated carbocycles. The summed E-state index contributed by atoms with van der Waals surface area (Å²) >= 11 is 0. The highest BCUT2D eigenvalue weighted by atomic mass is 16.7. The number of aromatic hydroxyl groups is 2. The zero-order valence-electron chi connectivity index (χ0n) is 19.1.